The van der Waals surface area contributed by atoms with E-state index in [1.54, 1.807) is 12.1 Å². The molecule has 25 heavy (non-hydrogen) atoms. The van der Waals surface area contributed by atoms with Gasteiger partial charge in [-0.25, -0.2) is 9.78 Å². The van der Waals surface area contributed by atoms with Crippen LogP contribution in [-0.4, -0.2) is 16.1 Å². The van der Waals surface area contributed by atoms with Crippen molar-refractivity contribution in [3.8, 4) is 0 Å². The molecule has 0 atom stereocenters. The number of benzene rings is 3. The maximum absolute atomic E-state index is 11.5. The first-order chi connectivity index (χ1) is 12.2. The summed E-state index contributed by atoms with van der Waals surface area (Å²) < 4.78 is 0. The number of carbonyl (C=O) groups is 1. The highest BCUT2D eigenvalue weighted by molar-refractivity contribution is 6.03. The first kappa shape index (κ1) is 15.1. The van der Waals surface area contributed by atoms with Crippen LogP contribution in [0.25, 0.3) is 33.8 Å². The SMILES string of the molecule is O=C(O)c1cc(/C=C/c2ccc3ccccc3c2)nc2ccccc12. The van der Waals surface area contributed by atoms with Gasteiger partial charge in [0.1, 0.15) is 0 Å². The standard InChI is InChI=1S/C22H15NO2/c24-22(25)20-14-18(23-21-8-4-3-7-19(20)21)12-10-15-9-11-16-5-1-2-6-17(16)13-15/h1-14H,(H,24,25)/b12-10+. The van der Waals surface area contributed by atoms with Gasteiger partial charge in [-0.05, 0) is 40.6 Å². The maximum Gasteiger partial charge on any atom is 0.336 e. The molecule has 0 bridgehead atoms. The van der Waals surface area contributed by atoms with E-state index in [2.05, 4.69) is 29.2 Å². The van der Waals surface area contributed by atoms with Crippen molar-refractivity contribution in [1.82, 2.24) is 4.98 Å². The number of carboxylic acids is 1. The number of hydrogen-bond acceptors (Lipinski definition) is 2. The Kier molecular flexibility index (Phi) is 3.75. The molecule has 0 saturated carbocycles. The van der Waals surface area contributed by atoms with Crippen molar-refractivity contribution >= 4 is 39.8 Å². The Morgan fingerprint density at radius 2 is 1.60 bits per heavy atom. The van der Waals surface area contributed by atoms with Gasteiger partial charge in [-0.15, -0.1) is 0 Å². The molecule has 0 amide bonds. The lowest BCUT2D eigenvalue weighted by Gasteiger charge is -2.04. The van der Waals surface area contributed by atoms with E-state index in [0.717, 1.165) is 5.56 Å². The minimum absolute atomic E-state index is 0.267. The molecule has 1 heterocycles. The summed E-state index contributed by atoms with van der Waals surface area (Å²) in [4.78, 5) is 16.1. The fourth-order valence-electron chi connectivity index (χ4n) is 2.95. The number of nitrogens with zero attached hydrogens (tertiary/aromatic N) is 1. The predicted molar refractivity (Wildman–Crippen MR) is 102 cm³/mol. The number of aromatic carboxylic acids is 1. The number of hydrogen-bond donors (Lipinski definition) is 1. The average molecular weight is 325 g/mol. The van der Waals surface area contributed by atoms with E-state index in [0.29, 0.717) is 16.6 Å². The minimum atomic E-state index is -0.945. The molecule has 3 heteroatoms. The molecule has 4 aromatic rings. The predicted octanol–water partition coefficient (Wildman–Crippen LogP) is 5.26. The van der Waals surface area contributed by atoms with Crippen LogP contribution >= 0.6 is 0 Å². The van der Waals surface area contributed by atoms with Crippen molar-refractivity contribution < 1.29 is 9.90 Å². The Balaban J connectivity index is 1.76. The van der Waals surface area contributed by atoms with Gasteiger partial charge in [0.2, 0.25) is 0 Å². The third-order valence-electron chi connectivity index (χ3n) is 4.19. The van der Waals surface area contributed by atoms with Crippen LogP contribution in [0.2, 0.25) is 0 Å². The number of rotatable bonds is 3. The van der Waals surface area contributed by atoms with Crippen LogP contribution in [0.5, 0.6) is 0 Å². The second-order valence-corrected chi connectivity index (χ2v) is 5.86. The first-order valence-electron chi connectivity index (χ1n) is 8.01. The van der Waals surface area contributed by atoms with E-state index in [1.165, 1.54) is 10.8 Å². The number of carboxylic acid groups (broad SMARTS) is 1. The van der Waals surface area contributed by atoms with E-state index in [1.807, 2.05) is 48.6 Å². The molecular weight excluding hydrogens is 310 g/mol. The van der Waals surface area contributed by atoms with Crippen molar-refractivity contribution in [3.05, 3.63) is 89.6 Å². The summed E-state index contributed by atoms with van der Waals surface area (Å²) in [5, 5.41) is 12.5. The van der Waals surface area contributed by atoms with Crippen molar-refractivity contribution in [1.29, 1.82) is 0 Å². The summed E-state index contributed by atoms with van der Waals surface area (Å²) in [7, 11) is 0. The highest BCUT2D eigenvalue weighted by atomic mass is 16.4. The van der Waals surface area contributed by atoms with Gasteiger partial charge in [-0.3, -0.25) is 0 Å². The van der Waals surface area contributed by atoms with Crippen LogP contribution in [-0.2, 0) is 0 Å². The van der Waals surface area contributed by atoms with Gasteiger partial charge >= 0.3 is 5.97 Å². The van der Waals surface area contributed by atoms with Gasteiger partial charge < -0.3 is 5.11 Å². The van der Waals surface area contributed by atoms with Crippen molar-refractivity contribution in [2.24, 2.45) is 0 Å². The molecule has 0 fully saturated rings. The number of aromatic nitrogens is 1. The van der Waals surface area contributed by atoms with Crippen molar-refractivity contribution in [3.63, 3.8) is 0 Å². The first-order valence-corrected chi connectivity index (χ1v) is 8.01. The number of para-hydroxylation sites is 1. The van der Waals surface area contributed by atoms with Gasteiger partial charge in [-0.1, -0.05) is 60.7 Å². The smallest absolute Gasteiger partial charge is 0.336 e. The lowest BCUT2D eigenvalue weighted by atomic mass is 10.1. The van der Waals surface area contributed by atoms with Gasteiger partial charge in [0.25, 0.3) is 0 Å². The highest BCUT2D eigenvalue weighted by Crippen LogP contribution is 2.21. The van der Waals surface area contributed by atoms with Crippen LogP contribution in [0.1, 0.15) is 21.6 Å². The minimum Gasteiger partial charge on any atom is -0.478 e. The zero-order valence-corrected chi connectivity index (χ0v) is 13.4. The summed E-state index contributed by atoms with van der Waals surface area (Å²) in [5.74, 6) is -0.945. The summed E-state index contributed by atoms with van der Waals surface area (Å²) in [5.41, 5.74) is 2.62. The molecule has 0 aliphatic rings. The molecule has 3 nitrogen and oxygen atoms in total. The van der Waals surface area contributed by atoms with Crippen molar-refractivity contribution in [2.45, 2.75) is 0 Å². The zero-order chi connectivity index (χ0) is 17.2. The van der Waals surface area contributed by atoms with Gasteiger partial charge in [-0.2, -0.15) is 0 Å². The summed E-state index contributed by atoms with van der Waals surface area (Å²) in [6, 6.07) is 23.3. The topological polar surface area (TPSA) is 50.2 Å². The van der Waals surface area contributed by atoms with Gasteiger partial charge in [0, 0.05) is 5.39 Å². The summed E-state index contributed by atoms with van der Waals surface area (Å²) in [6.45, 7) is 0. The van der Waals surface area contributed by atoms with E-state index in [4.69, 9.17) is 0 Å². The Morgan fingerprint density at radius 1 is 0.840 bits per heavy atom. The van der Waals surface area contributed by atoms with E-state index < -0.39 is 5.97 Å². The molecule has 3 aromatic carbocycles. The summed E-state index contributed by atoms with van der Waals surface area (Å²) in [6.07, 6.45) is 3.80. The average Bonchev–Trinajstić information content (AvgIpc) is 2.65. The van der Waals surface area contributed by atoms with E-state index in [9.17, 15) is 9.90 Å². The van der Waals surface area contributed by atoms with Crippen LogP contribution in [0.15, 0.2) is 72.8 Å². The quantitative estimate of drug-likeness (QED) is 0.559. The molecule has 120 valence electrons. The van der Waals surface area contributed by atoms with Crippen LogP contribution < -0.4 is 0 Å². The fraction of sp³-hybridized carbons (Fsp3) is 0. The normalized spacial score (nSPS) is 11.4. The molecule has 1 aromatic heterocycles. The van der Waals surface area contributed by atoms with Crippen LogP contribution in [0.3, 0.4) is 0 Å². The molecule has 0 spiro atoms. The molecule has 0 aliphatic heterocycles. The zero-order valence-electron chi connectivity index (χ0n) is 13.4. The molecule has 1 N–H and O–H groups in total. The molecule has 0 saturated heterocycles. The number of pyridine rings is 1. The lowest BCUT2D eigenvalue weighted by Crippen LogP contribution is -2.00. The second kappa shape index (κ2) is 6.21. The van der Waals surface area contributed by atoms with Crippen LogP contribution in [0, 0.1) is 0 Å². The van der Waals surface area contributed by atoms with Crippen LogP contribution in [0.4, 0.5) is 0 Å². The van der Waals surface area contributed by atoms with Crippen molar-refractivity contribution in [2.75, 3.05) is 0 Å². The highest BCUT2D eigenvalue weighted by Gasteiger charge is 2.10. The Bertz CT molecular complexity index is 1130. The maximum atomic E-state index is 11.5. The second-order valence-electron chi connectivity index (χ2n) is 5.86. The largest absolute Gasteiger partial charge is 0.478 e. The fourth-order valence-corrected chi connectivity index (χ4v) is 2.95. The molecule has 0 radical (unpaired) electrons. The van der Waals surface area contributed by atoms with E-state index >= 15 is 0 Å². The molecular formula is C22H15NO2. The lowest BCUT2D eigenvalue weighted by molar-refractivity contribution is 0.0699. The third kappa shape index (κ3) is 3.00. The third-order valence-corrected chi connectivity index (χ3v) is 4.19. The van der Waals surface area contributed by atoms with Gasteiger partial charge in [0.05, 0.1) is 16.8 Å². The summed E-state index contributed by atoms with van der Waals surface area (Å²) >= 11 is 0. The molecule has 0 aliphatic carbocycles. The monoisotopic (exact) mass is 325 g/mol. The van der Waals surface area contributed by atoms with Gasteiger partial charge in [0.15, 0.2) is 0 Å². The Labute approximate surface area is 144 Å². The molecule has 0 unspecified atom stereocenters. The van der Waals surface area contributed by atoms with E-state index in [-0.39, 0.29) is 5.56 Å². The Morgan fingerprint density at radius 3 is 2.44 bits per heavy atom. The Hall–Kier alpha value is -3.46. The molecule has 4 rings (SSSR count). The number of fused-ring (bicyclic) bond motifs is 2.